The summed E-state index contributed by atoms with van der Waals surface area (Å²) >= 11 is 0. The topological polar surface area (TPSA) is 118 Å². The average molecular weight is 938 g/mol. The number of hydrogen-bond acceptors (Lipinski definition) is 8. The summed E-state index contributed by atoms with van der Waals surface area (Å²) in [6, 6.07) is 80.2. The molecule has 0 unspecified atom stereocenters. The number of nitrogens with zero attached hydrogens (tertiary/aromatic N) is 11. The number of para-hydroxylation sites is 3. The van der Waals surface area contributed by atoms with E-state index in [4.69, 9.17) is 40.1 Å². The second-order valence-electron chi connectivity index (χ2n) is 17.7. The lowest BCUT2D eigenvalue weighted by Gasteiger charge is -2.13. The van der Waals surface area contributed by atoms with Gasteiger partial charge in [0.05, 0.1) is 22.1 Å². The summed E-state index contributed by atoms with van der Waals surface area (Å²) in [6.07, 6.45) is 0. The fourth-order valence-electron chi connectivity index (χ4n) is 9.93. The number of hydrogen-bond donors (Lipinski definition) is 0. The molecule has 0 saturated heterocycles. The van der Waals surface area contributed by atoms with Crippen LogP contribution >= 0.6 is 0 Å². The van der Waals surface area contributed by atoms with Gasteiger partial charge < -0.3 is 0 Å². The van der Waals surface area contributed by atoms with Crippen LogP contribution in [-0.4, -0.2) is 53.8 Å². The summed E-state index contributed by atoms with van der Waals surface area (Å²) in [5, 5.41) is 14.2. The first-order valence-electron chi connectivity index (χ1n) is 24.0. The minimum Gasteiger partial charge on any atom is -0.278 e. The first kappa shape index (κ1) is 41.7. The van der Waals surface area contributed by atoms with Gasteiger partial charge in [0, 0.05) is 60.6 Å². The Morgan fingerprint density at radius 1 is 0.233 bits per heavy atom. The smallest absolute Gasteiger partial charge is 0.238 e. The molecule has 0 spiro atoms. The van der Waals surface area contributed by atoms with Crippen LogP contribution in [0.4, 0.5) is 0 Å². The third kappa shape index (κ3) is 7.22. The molecule has 73 heavy (non-hydrogen) atoms. The highest BCUT2D eigenvalue weighted by molar-refractivity contribution is 6.11. The van der Waals surface area contributed by atoms with Crippen LogP contribution in [0, 0.1) is 0 Å². The summed E-state index contributed by atoms with van der Waals surface area (Å²) in [4.78, 5) is 30.6. The molecule has 9 aromatic carbocycles. The SMILES string of the molecule is c1ccc(-c2nc(-c3ccccc3)nc(-n3c4ccccc4c4cc(-c5nnc(-c6ccc7c8ccccc8n(-c8nc(-c9ccccc9)nc(-c9ccccc9)n8)c7c6)n5-c5ccccc5)ccc43)n2)cc1. The molecule has 14 rings (SSSR count). The number of benzene rings is 9. The van der Waals surface area contributed by atoms with Crippen molar-refractivity contribution in [1.29, 1.82) is 0 Å². The van der Waals surface area contributed by atoms with Crippen molar-refractivity contribution >= 4 is 43.6 Å². The van der Waals surface area contributed by atoms with Gasteiger partial charge in [0.15, 0.2) is 34.9 Å². The zero-order valence-corrected chi connectivity index (χ0v) is 38.9. The van der Waals surface area contributed by atoms with E-state index in [1.807, 2.05) is 140 Å². The number of aromatic nitrogens is 11. The Morgan fingerprint density at radius 3 is 1.07 bits per heavy atom. The predicted molar refractivity (Wildman–Crippen MR) is 289 cm³/mol. The molecule has 0 atom stereocenters. The summed E-state index contributed by atoms with van der Waals surface area (Å²) in [5.41, 5.74) is 10.1. The summed E-state index contributed by atoms with van der Waals surface area (Å²) in [5.74, 6) is 4.77. The summed E-state index contributed by atoms with van der Waals surface area (Å²) < 4.78 is 6.41. The van der Waals surface area contributed by atoms with Gasteiger partial charge in [0.1, 0.15) is 0 Å². The van der Waals surface area contributed by atoms with E-state index in [1.54, 1.807) is 0 Å². The quantitative estimate of drug-likeness (QED) is 0.140. The van der Waals surface area contributed by atoms with E-state index in [2.05, 4.69) is 111 Å². The highest BCUT2D eigenvalue weighted by Gasteiger charge is 2.24. The van der Waals surface area contributed by atoms with Gasteiger partial charge in [-0.3, -0.25) is 13.7 Å². The molecule has 0 amide bonds. The average Bonchev–Trinajstić information content (AvgIpc) is 4.18. The standard InChI is InChI=1S/C62H39N11/c1-6-20-40(21-7-1)55-63-56(41-22-8-2-9-23-41)66-61(65-55)72-52-33-19-17-31-48(52)50-38-44(35-37-53(50)72)59-69-70-60(71(59)46-28-14-5-15-29-46)45-34-36-49-47-30-16-18-32-51(47)73(54(49)39-45)62-67-57(42-24-10-3-11-25-42)64-58(68-62)43-26-12-4-13-27-43/h1-39H. The largest absolute Gasteiger partial charge is 0.278 e. The summed E-state index contributed by atoms with van der Waals surface area (Å²) in [6.45, 7) is 0. The molecule has 5 aromatic heterocycles. The van der Waals surface area contributed by atoms with E-state index in [1.165, 1.54) is 0 Å². The van der Waals surface area contributed by atoms with E-state index in [0.29, 0.717) is 46.8 Å². The van der Waals surface area contributed by atoms with E-state index in [0.717, 1.165) is 82.7 Å². The lowest BCUT2D eigenvalue weighted by Crippen LogP contribution is -2.06. The molecule has 14 aromatic rings. The highest BCUT2D eigenvalue weighted by atomic mass is 15.3. The fraction of sp³-hybridized carbons (Fsp3) is 0. The van der Waals surface area contributed by atoms with Crippen molar-refractivity contribution in [3.8, 4) is 85.9 Å². The molecule has 0 aliphatic heterocycles. The van der Waals surface area contributed by atoms with E-state index in [9.17, 15) is 0 Å². The zero-order chi connectivity index (χ0) is 48.2. The van der Waals surface area contributed by atoms with Crippen LogP contribution in [0.3, 0.4) is 0 Å². The molecule has 0 fully saturated rings. The second kappa shape index (κ2) is 17.3. The monoisotopic (exact) mass is 937 g/mol. The van der Waals surface area contributed by atoms with Crippen molar-refractivity contribution in [2.24, 2.45) is 0 Å². The number of rotatable bonds is 9. The molecule has 342 valence electrons. The molecule has 0 aliphatic rings. The molecule has 0 N–H and O–H groups in total. The van der Waals surface area contributed by atoms with Crippen LogP contribution in [-0.2, 0) is 0 Å². The van der Waals surface area contributed by atoms with E-state index >= 15 is 0 Å². The normalized spacial score (nSPS) is 11.6. The highest BCUT2D eigenvalue weighted by Crippen LogP contribution is 2.39. The van der Waals surface area contributed by atoms with Crippen LogP contribution in [0.25, 0.3) is 130 Å². The van der Waals surface area contributed by atoms with Gasteiger partial charge in [-0.1, -0.05) is 188 Å². The Balaban J connectivity index is 0.949. The van der Waals surface area contributed by atoms with Crippen molar-refractivity contribution < 1.29 is 0 Å². The first-order chi connectivity index (χ1) is 36.2. The number of fused-ring (bicyclic) bond motifs is 6. The molecular formula is C62H39N11. The maximum atomic E-state index is 5.18. The third-order valence-electron chi connectivity index (χ3n) is 13.3. The zero-order valence-electron chi connectivity index (χ0n) is 38.9. The van der Waals surface area contributed by atoms with Crippen molar-refractivity contribution in [2.45, 2.75) is 0 Å². The Labute approximate surface area is 418 Å². The minimum absolute atomic E-state index is 0.512. The van der Waals surface area contributed by atoms with E-state index < -0.39 is 0 Å². The maximum Gasteiger partial charge on any atom is 0.238 e. The van der Waals surface area contributed by atoms with Crippen LogP contribution in [0.2, 0.25) is 0 Å². The Hall–Kier alpha value is -10.3. The molecule has 11 heteroatoms. The van der Waals surface area contributed by atoms with Crippen LogP contribution < -0.4 is 0 Å². The summed E-state index contributed by atoms with van der Waals surface area (Å²) in [7, 11) is 0. The molecule has 0 aliphatic carbocycles. The van der Waals surface area contributed by atoms with Crippen molar-refractivity contribution in [2.75, 3.05) is 0 Å². The van der Waals surface area contributed by atoms with Crippen molar-refractivity contribution in [3.63, 3.8) is 0 Å². The Kier molecular flexibility index (Phi) is 9.88. The lowest BCUT2D eigenvalue weighted by molar-refractivity contribution is 0.953. The van der Waals surface area contributed by atoms with Crippen LogP contribution in [0.1, 0.15) is 0 Å². The van der Waals surface area contributed by atoms with Crippen molar-refractivity contribution in [1.82, 2.24) is 53.8 Å². The molecule has 11 nitrogen and oxygen atoms in total. The van der Waals surface area contributed by atoms with Crippen LogP contribution in [0.15, 0.2) is 237 Å². The lowest BCUT2D eigenvalue weighted by atomic mass is 10.1. The Bertz CT molecular complexity index is 4250. The van der Waals surface area contributed by atoms with Gasteiger partial charge in [-0.05, 0) is 48.5 Å². The van der Waals surface area contributed by atoms with Gasteiger partial charge in [0.25, 0.3) is 0 Å². The maximum absolute atomic E-state index is 5.18. The predicted octanol–water partition coefficient (Wildman–Crippen LogP) is 13.8. The Morgan fingerprint density at radius 2 is 0.589 bits per heavy atom. The third-order valence-corrected chi connectivity index (χ3v) is 13.3. The van der Waals surface area contributed by atoms with Gasteiger partial charge >= 0.3 is 0 Å². The first-order valence-corrected chi connectivity index (χ1v) is 24.0. The second-order valence-corrected chi connectivity index (χ2v) is 17.7. The van der Waals surface area contributed by atoms with Gasteiger partial charge in [-0.15, -0.1) is 10.2 Å². The molecule has 0 saturated carbocycles. The van der Waals surface area contributed by atoms with Gasteiger partial charge in [-0.25, -0.2) is 9.97 Å². The van der Waals surface area contributed by atoms with E-state index in [-0.39, 0.29) is 0 Å². The molecule has 0 radical (unpaired) electrons. The van der Waals surface area contributed by atoms with Gasteiger partial charge in [-0.2, -0.15) is 19.9 Å². The van der Waals surface area contributed by atoms with Gasteiger partial charge in [0.2, 0.25) is 11.9 Å². The van der Waals surface area contributed by atoms with Crippen LogP contribution in [0.5, 0.6) is 0 Å². The minimum atomic E-state index is 0.512. The molecule has 5 heterocycles. The molecular weight excluding hydrogens is 899 g/mol. The fourth-order valence-corrected chi connectivity index (χ4v) is 9.93. The van der Waals surface area contributed by atoms with Crippen molar-refractivity contribution in [3.05, 3.63) is 237 Å². The molecule has 0 bridgehead atoms.